The average molecular weight is 379 g/mol. The summed E-state index contributed by atoms with van der Waals surface area (Å²) in [4.78, 5) is 23.9. The van der Waals surface area contributed by atoms with Gasteiger partial charge in [0.1, 0.15) is 0 Å². The molecule has 1 aromatic rings. The van der Waals surface area contributed by atoms with E-state index in [-0.39, 0.29) is 18.1 Å². The minimum absolute atomic E-state index is 0.0532. The highest BCUT2D eigenvalue weighted by Crippen LogP contribution is 2.30. The third kappa shape index (κ3) is 8.31. The first-order chi connectivity index (χ1) is 12.9. The van der Waals surface area contributed by atoms with E-state index < -0.39 is 0 Å². The number of carbonyl (C=O) groups is 1. The van der Waals surface area contributed by atoms with Crippen molar-refractivity contribution in [3.8, 4) is 0 Å². The van der Waals surface area contributed by atoms with Crippen molar-refractivity contribution < 1.29 is 14.5 Å². The summed E-state index contributed by atoms with van der Waals surface area (Å²) in [6, 6.07) is 5.83. The normalized spacial score (nSPS) is 13.3. The van der Waals surface area contributed by atoms with Crippen LogP contribution in [-0.4, -0.2) is 18.1 Å². The van der Waals surface area contributed by atoms with Gasteiger partial charge in [0.15, 0.2) is 0 Å². The molecule has 1 N–H and O–H groups in total. The number of rotatable bonds is 13. The van der Waals surface area contributed by atoms with Crippen molar-refractivity contribution in [1.29, 1.82) is 0 Å². The van der Waals surface area contributed by atoms with Crippen LogP contribution in [0.2, 0.25) is 0 Å². The van der Waals surface area contributed by atoms with Gasteiger partial charge in [-0.25, -0.2) is 9.68 Å². The molecule has 154 valence electrons. The molecule has 2 unspecified atom stereocenters. The van der Waals surface area contributed by atoms with Crippen LogP contribution >= 0.6 is 0 Å². The van der Waals surface area contributed by atoms with Crippen LogP contribution in [-0.2, 0) is 20.9 Å². The highest BCUT2D eigenvalue weighted by molar-refractivity contribution is 5.90. The van der Waals surface area contributed by atoms with Crippen molar-refractivity contribution in [2.24, 2.45) is 0 Å². The zero-order chi connectivity index (χ0) is 20.2. The average Bonchev–Trinajstić information content (AvgIpc) is 2.63. The molecule has 0 spiro atoms. The van der Waals surface area contributed by atoms with E-state index in [0.717, 1.165) is 61.9 Å². The van der Waals surface area contributed by atoms with Gasteiger partial charge < -0.3 is 5.32 Å². The fourth-order valence-corrected chi connectivity index (χ4v) is 2.98. The summed E-state index contributed by atoms with van der Waals surface area (Å²) in [7, 11) is 0. The van der Waals surface area contributed by atoms with Crippen LogP contribution < -0.4 is 10.5 Å². The van der Waals surface area contributed by atoms with Gasteiger partial charge in [0, 0.05) is 18.2 Å². The van der Waals surface area contributed by atoms with Gasteiger partial charge in [-0.3, -0.25) is 4.79 Å². The predicted octanol–water partition coefficient (Wildman–Crippen LogP) is 6.03. The molecule has 2 atom stereocenters. The van der Waals surface area contributed by atoms with E-state index in [4.69, 9.17) is 9.68 Å². The van der Waals surface area contributed by atoms with E-state index in [1.807, 2.05) is 18.2 Å². The molecule has 5 nitrogen and oxygen atoms in total. The minimum atomic E-state index is -0.0807. The topological polar surface area (TPSA) is 50.8 Å². The number of anilines is 2. The van der Waals surface area contributed by atoms with Gasteiger partial charge in [-0.1, -0.05) is 52.5 Å². The zero-order valence-electron chi connectivity index (χ0n) is 18.0. The van der Waals surface area contributed by atoms with Crippen molar-refractivity contribution in [3.63, 3.8) is 0 Å². The molecule has 1 rings (SSSR count). The van der Waals surface area contributed by atoms with E-state index in [2.05, 4.69) is 39.9 Å². The smallest absolute Gasteiger partial charge is 0.221 e. The zero-order valence-corrected chi connectivity index (χ0v) is 18.0. The number of nitrogens with zero attached hydrogens (tertiary/aromatic N) is 1. The maximum Gasteiger partial charge on any atom is 0.221 e. The molecular formula is C22H38N2O3. The Kier molecular flexibility index (Phi) is 11.1. The number of amides is 1. The van der Waals surface area contributed by atoms with Gasteiger partial charge in [-0.05, 0) is 45.2 Å². The molecular weight excluding hydrogens is 340 g/mol. The first kappa shape index (κ1) is 23.4. The molecule has 5 heteroatoms. The van der Waals surface area contributed by atoms with Crippen LogP contribution in [0.4, 0.5) is 11.4 Å². The number of nitrogens with one attached hydrogen (secondary N) is 1. The second kappa shape index (κ2) is 12.7. The molecule has 0 radical (unpaired) electrons. The molecule has 0 aliphatic heterocycles. The number of hydrogen-bond acceptors (Lipinski definition) is 4. The highest BCUT2D eigenvalue weighted by atomic mass is 17.0. The summed E-state index contributed by atoms with van der Waals surface area (Å²) >= 11 is 0. The van der Waals surface area contributed by atoms with Crippen molar-refractivity contribution in [1.82, 2.24) is 0 Å². The molecule has 0 bridgehead atoms. The molecule has 0 aliphatic carbocycles. The van der Waals surface area contributed by atoms with Gasteiger partial charge in [-0.15, -0.1) is 5.23 Å². The molecule has 0 fully saturated rings. The molecule has 0 saturated heterocycles. The fraction of sp³-hybridized carbons (Fsp3) is 0.682. The molecule has 0 aliphatic rings. The number of benzene rings is 1. The van der Waals surface area contributed by atoms with Gasteiger partial charge in [0.05, 0.1) is 17.9 Å². The summed E-state index contributed by atoms with van der Waals surface area (Å²) in [6.07, 6.45) is 7.34. The Morgan fingerprint density at radius 2 is 1.59 bits per heavy atom. The van der Waals surface area contributed by atoms with Crippen LogP contribution in [0.1, 0.15) is 85.6 Å². The van der Waals surface area contributed by atoms with Crippen molar-refractivity contribution in [3.05, 3.63) is 23.8 Å². The Morgan fingerprint density at radius 1 is 1.04 bits per heavy atom. The Hall–Kier alpha value is -1.59. The molecule has 0 aromatic heterocycles. The molecule has 0 saturated carbocycles. The van der Waals surface area contributed by atoms with Crippen LogP contribution in [0, 0.1) is 0 Å². The van der Waals surface area contributed by atoms with Gasteiger partial charge in [0.2, 0.25) is 5.91 Å². The lowest BCUT2D eigenvalue weighted by atomic mass is 10.1. The summed E-state index contributed by atoms with van der Waals surface area (Å²) in [5.74, 6) is -0.0807. The van der Waals surface area contributed by atoms with E-state index in [0.29, 0.717) is 0 Å². The Balaban J connectivity index is 3.10. The van der Waals surface area contributed by atoms with Crippen LogP contribution in [0.15, 0.2) is 18.2 Å². The predicted molar refractivity (Wildman–Crippen MR) is 113 cm³/mol. The Bertz CT molecular complexity index is 546. The summed E-state index contributed by atoms with van der Waals surface area (Å²) < 4.78 is 0. The maximum atomic E-state index is 11.6. The van der Waals surface area contributed by atoms with Gasteiger partial charge >= 0.3 is 0 Å². The maximum absolute atomic E-state index is 11.6. The van der Waals surface area contributed by atoms with Gasteiger partial charge in [0.25, 0.3) is 0 Å². The van der Waals surface area contributed by atoms with Gasteiger partial charge in [-0.2, -0.15) is 0 Å². The Labute approximate surface area is 165 Å². The third-order valence-electron chi connectivity index (χ3n) is 4.49. The second-order valence-electron chi connectivity index (χ2n) is 7.21. The largest absolute Gasteiger partial charge is 0.326 e. The van der Waals surface area contributed by atoms with E-state index in [1.165, 1.54) is 6.92 Å². The van der Waals surface area contributed by atoms with E-state index >= 15 is 0 Å². The van der Waals surface area contributed by atoms with Crippen LogP contribution in [0.5, 0.6) is 0 Å². The lowest BCUT2D eigenvalue weighted by Crippen LogP contribution is -2.33. The Morgan fingerprint density at radius 3 is 2.04 bits per heavy atom. The standard InChI is InChI=1S/C22H38N2O3/c1-7-10-13-17(4)26-24(27-18(5)14-11-8-2)22-16-12-15-21(20(22)9-3)23-19(6)25/h12,15-18H,7-11,13-14H2,1-6H3,(H,23,25). The fourth-order valence-electron chi connectivity index (χ4n) is 2.98. The van der Waals surface area contributed by atoms with E-state index in [1.54, 1.807) is 5.23 Å². The highest BCUT2D eigenvalue weighted by Gasteiger charge is 2.20. The number of unbranched alkanes of at least 4 members (excludes halogenated alkanes) is 2. The van der Waals surface area contributed by atoms with E-state index in [9.17, 15) is 4.79 Å². The summed E-state index contributed by atoms with van der Waals surface area (Å²) in [5, 5.41) is 4.51. The summed E-state index contributed by atoms with van der Waals surface area (Å²) in [6.45, 7) is 12.1. The van der Waals surface area contributed by atoms with Crippen LogP contribution in [0.25, 0.3) is 0 Å². The first-order valence-corrected chi connectivity index (χ1v) is 10.5. The molecule has 1 amide bonds. The molecule has 1 aromatic carbocycles. The van der Waals surface area contributed by atoms with Crippen molar-refractivity contribution >= 4 is 17.3 Å². The first-order valence-electron chi connectivity index (χ1n) is 10.5. The second-order valence-corrected chi connectivity index (χ2v) is 7.21. The SMILES string of the molecule is CCCCC(C)ON(OC(C)CCCC)c1cccc(NC(C)=O)c1CC. The molecule has 27 heavy (non-hydrogen) atoms. The lowest BCUT2D eigenvalue weighted by molar-refractivity contribution is -0.144. The minimum Gasteiger partial charge on any atom is -0.326 e. The quantitative estimate of drug-likeness (QED) is 0.425. The summed E-state index contributed by atoms with van der Waals surface area (Å²) in [5.41, 5.74) is 2.68. The monoisotopic (exact) mass is 378 g/mol. The van der Waals surface area contributed by atoms with Crippen LogP contribution in [0.3, 0.4) is 0 Å². The lowest BCUT2D eigenvalue weighted by Gasteiger charge is -2.30. The number of hydrogen-bond donors (Lipinski definition) is 1. The molecule has 0 heterocycles. The van der Waals surface area contributed by atoms with Crippen molar-refractivity contribution in [2.45, 2.75) is 98.7 Å². The number of carbonyl (C=O) groups excluding carboxylic acids is 1. The third-order valence-corrected chi connectivity index (χ3v) is 4.49. The van der Waals surface area contributed by atoms with Crippen molar-refractivity contribution in [2.75, 3.05) is 10.5 Å².